The molecule has 2 N–H and O–H groups in total. The zero-order valence-electron chi connectivity index (χ0n) is 11.9. The fraction of sp³-hybridized carbons (Fsp3) is 0. The number of carboxylic acids is 1. The quantitative estimate of drug-likeness (QED) is 0.570. The summed E-state index contributed by atoms with van der Waals surface area (Å²) in [5.74, 6) is -0.356. The highest BCUT2D eigenvalue weighted by Crippen LogP contribution is 2.16. The minimum absolute atomic E-state index is 0.229. The maximum absolute atomic E-state index is 10.8. The topological polar surface area (TPSA) is 83.3 Å². The fourth-order valence-corrected chi connectivity index (χ4v) is 2.19. The molecule has 6 nitrogen and oxygen atoms in total. The third kappa shape index (κ3) is 3.24. The molecular formula is C16H12N4O2S. The lowest BCUT2D eigenvalue weighted by Gasteiger charge is -2.00. The van der Waals surface area contributed by atoms with Gasteiger partial charge in [-0.3, -0.25) is 0 Å². The fourth-order valence-electron chi connectivity index (χ4n) is 2.01. The van der Waals surface area contributed by atoms with Gasteiger partial charge in [0.15, 0.2) is 5.82 Å². The average Bonchev–Trinajstić information content (AvgIpc) is 2.95. The number of H-pyrrole nitrogens is 1. The first-order valence-electron chi connectivity index (χ1n) is 6.76. The van der Waals surface area contributed by atoms with Crippen LogP contribution in [0.1, 0.15) is 15.9 Å². The maximum Gasteiger partial charge on any atom is 0.335 e. The molecule has 0 bridgehead atoms. The van der Waals surface area contributed by atoms with Crippen LogP contribution in [-0.4, -0.2) is 32.2 Å². The van der Waals surface area contributed by atoms with Gasteiger partial charge in [0.1, 0.15) is 0 Å². The summed E-state index contributed by atoms with van der Waals surface area (Å²) in [6, 6.07) is 16.0. The molecule has 0 fully saturated rings. The van der Waals surface area contributed by atoms with Crippen LogP contribution in [0, 0.1) is 4.77 Å². The number of nitrogens with one attached hydrogen (secondary N) is 1. The van der Waals surface area contributed by atoms with Crippen molar-refractivity contribution >= 4 is 24.4 Å². The molecule has 0 aliphatic rings. The molecule has 3 aromatic rings. The van der Waals surface area contributed by atoms with Gasteiger partial charge < -0.3 is 5.11 Å². The van der Waals surface area contributed by atoms with Crippen molar-refractivity contribution in [2.45, 2.75) is 0 Å². The Morgan fingerprint density at radius 1 is 1.17 bits per heavy atom. The molecule has 2 aromatic carbocycles. The average molecular weight is 324 g/mol. The van der Waals surface area contributed by atoms with Crippen LogP contribution >= 0.6 is 12.2 Å². The summed E-state index contributed by atoms with van der Waals surface area (Å²) < 4.78 is 1.90. The molecule has 1 heterocycles. The second-order valence-electron chi connectivity index (χ2n) is 4.70. The molecule has 7 heteroatoms. The zero-order valence-corrected chi connectivity index (χ0v) is 12.7. The van der Waals surface area contributed by atoms with Gasteiger partial charge in [-0.2, -0.15) is 14.9 Å². The number of aromatic nitrogens is 3. The lowest BCUT2D eigenvalue weighted by atomic mass is 10.1. The highest BCUT2D eigenvalue weighted by molar-refractivity contribution is 7.71. The highest BCUT2D eigenvalue weighted by atomic mass is 32.1. The third-order valence-electron chi connectivity index (χ3n) is 3.16. The van der Waals surface area contributed by atoms with Gasteiger partial charge in [0, 0.05) is 5.56 Å². The van der Waals surface area contributed by atoms with Gasteiger partial charge in [0.2, 0.25) is 4.77 Å². The van der Waals surface area contributed by atoms with E-state index in [4.69, 9.17) is 17.3 Å². The number of benzene rings is 2. The van der Waals surface area contributed by atoms with E-state index in [1.165, 1.54) is 16.8 Å². The Morgan fingerprint density at radius 2 is 1.87 bits per heavy atom. The molecule has 23 heavy (non-hydrogen) atoms. The minimum atomic E-state index is -0.961. The second-order valence-corrected chi connectivity index (χ2v) is 5.09. The van der Waals surface area contributed by atoms with Crippen LogP contribution in [0.5, 0.6) is 0 Å². The van der Waals surface area contributed by atoms with Crippen molar-refractivity contribution in [2.75, 3.05) is 0 Å². The summed E-state index contributed by atoms with van der Waals surface area (Å²) in [5.41, 5.74) is 1.88. The Kier molecular flexibility index (Phi) is 4.11. The maximum atomic E-state index is 10.8. The molecule has 3 rings (SSSR count). The van der Waals surface area contributed by atoms with E-state index >= 15 is 0 Å². The van der Waals surface area contributed by atoms with E-state index in [1.807, 2.05) is 30.3 Å². The predicted octanol–water partition coefficient (Wildman–Crippen LogP) is 3.19. The molecule has 114 valence electrons. The van der Waals surface area contributed by atoms with Crippen LogP contribution in [0.4, 0.5) is 0 Å². The first-order valence-corrected chi connectivity index (χ1v) is 7.16. The molecule has 0 amide bonds. The number of aromatic carboxylic acids is 1. The molecule has 0 radical (unpaired) electrons. The van der Waals surface area contributed by atoms with Crippen LogP contribution in [0.25, 0.3) is 11.4 Å². The first-order chi connectivity index (χ1) is 11.1. The second kappa shape index (κ2) is 6.37. The van der Waals surface area contributed by atoms with Crippen molar-refractivity contribution in [3.63, 3.8) is 0 Å². The van der Waals surface area contributed by atoms with E-state index in [9.17, 15) is 4.79 Å². The molecule has 0 unspecified atom stereocenters. The van der Waals surface area contributed by atoms with Crippen molar-refractivity contribution in [1.82, 2.24) is 14.9 Å². The number of nitrogens with zero attached hydrogens (tertiary/aromatic N) is 3. The van der Waals surface area contributed by atoms with Gasteiger partial charge in [0.05, 0.1) is 11.8 Å². The Hall–Kier alpha value is -3.06. The Labute approximate surface area is 136 Å². The van der Waals surface area contributed by atoms with Crippen LogP contribution in [0.2, 0.25) is 0 Å². The summed E-state index contributed by atoms with van der Waals surface area (Å²) in [7, 11) is 0. The predicted molar refractivity (Wildman–Crippen MR) is 89.2 cm³/mol. The van der Waals surface area contributed by atoms with Crippen molar-refractivity contribution in [3.05, 3.63) is 70.5 Å². The lowest BCUT2D eigenvalue weighted by Crippen LogP contribution is -1.97. The Bertz CT molecular complexity index is 911. The van der Waals surface area contributed by atoms with E-state index in [0.717, 1.165) is 11.1 Å². The van der Waals surface area contributed by atoms with Crippen molar-refractivity contribution in [3.8, 4) is 11.4 Å². The summed E-state index contributed by atoms with van der Waals surface area (Å²) in [4.78, 5) is 10.8. The van der Waals surface area contributed by atoms with E-state index < -0.39 is 5.97 Å². The van der Waals surface area contributed by atoms with Gasteiger partial charge in [0.25, 0.3) is 0 Å². The summed E-state index contributed by atoms with van der Waals surface area (Å²) in [6.45, 7) is 0. The molecule has 0 saturated heterocycles. The van der Waals surface area contributed by atoms with Crippen molar-refractivity contribution in [1.29, 1.82) is 0 Å². The Balaban J connectivity index is 1.93. The van der Waals surface area contributed by atoms with Crippen molar-refractivity contribution in [2.24, 2.45) is 5.10 Å². The van der Waals surface area contributed by atoms with Gasteiger partial charge >= 0.3 is 5.97 Å². The van der Waals surface area contributed by atoms with Gasteiger partial charge in [-0.25, -0.2) is 9.89 Å². The molecule has 1 aromatic heterocycles. The van der Waals surface area contributed by atoms with Crippen LogP contribution in [0.3, 0.4) is 0 Å². The van der Waals surface area contributed by atoms with Crippen LogP contribution in [0.15, 0.2) is 59.7 Å². The molecule has 0 saturated carbocycles. The largest absolute Gasteiger partial charge is 0.478 e. The summed E-state index contributed by atoms with van der Waals surface area (Å²) in [6.07, 6.45) is 1.60. The number of carboxylic acid groups (broad SMARTS) is 1. The van der Waals surface area contributed by atoms with Crippen LogP contribution in [-0.2, 0) is 0 Å². The number of hydrogen-bond acceptors (Lipinski definition) is 4. The summed E-state index contributed by atoms with van der Waals surface area (Å²) >= 11 is 5.20. The normalized spacial score (nSPS) is 11.0. The first kappa shape index (κ1) is 14.9. The lowest BCUT2D eigenvalue weighted by molar-refractivity contribution is 0.0697. The standard InChI is InChI=1S/C16H12N4O2S/c21-15(22)13-8-6-11(7-9-13)10-17-20-14(18-19-16(20)23)12-4-2-1-3-5-12/h1-10H,(H,19,23)(H,21,22). The number of carbonyl (C=O) groups is 1. The third-order valence-corrected chi connectivity index (χ3v) is 3.43. The molecular weight excluding hydrogens is 312 g/mol. The zero-order chi connectivity index (χ0) is 16.2. The van der Waals surface area contributed by atoms with E-state index in [0.29, 0.717) is 10.6 Å². The van der Waals surface area contributed by atoms with Gasteiger partial charge in [-0.05, 0) is 29.9 Å². The Morgan fingerprint density at radius 3 is 2.52 bits per heavy atom. The summed E-state index contributed by atoms with van der Waals surface area (Å²) in [5, 5.41) is 20.1. The minimum Gasteiger partial charge on any atom is -0.478 e. The molecule has 0 aliphatic carbocycles. The van der Waals surface area contributed by atoms with Crippen molar-refractivity contribution < 1.29 is 9.90 Å². The molecule has 0 aliphatic heterocycles. The monoisotopic (exact) mass is 324 g/mol. The van der Waals surface area contributed by atoms with E-state index in [-0.39, 0.29) is 5.56 Å². The van der Waals surface area contributed by atoms with Crippen LogP contribution < -0.4 is 0 Å². The highest BCUT2D eigenvalue weighted by Gasteiger charge is 2.07. The number of hydrogen-bond donors (Lipinski definition) is 2. The van der Waals surface area contributed by atoms with E-state index in [1.54, 1.807) is 18.3 Å². The smallest absolute Gasteiger partial charge is 0.335 e. The number of aromatic amines is 1. The van der Waals surface area contributed by atoms with Gasteiger partial charge in [-0.15, -0.1) is 0 Å². The van der Waals surface area contributed by atoms with Gasteiger partial charge in [-0.1, -0.05) is 42.5 Å². The molecule has 0 spiro atoms. The SMILES string of the molecule is O=C(O)c1ccc(C=Nn2c(-c3ccccc3)n[nH]c2=S)cc1. The van der Waals surface area contributed by atoms with E-state index in [2.05, 4.69) is 15.3 Å². The molecule has 0 atom stereocenters. The number of rotatable bonds is 4.